The van der Waals surface area contributed by atoms with E-state index >= 15 is 0 Å². The van der Waals surface area contributed by atoms with Gasteiger partial charge in [0.1, 0.15) is 23.4 Å². The number of thioether (sulfide) groups is 1. The first kappa shape index (κ1) is 29.7. The number of Topliss-reactive ketones (excluding diaryl/α,β-unsaturated/α-hetero) is 1. The van der Waals surface area contributed by atoms with Crippen LogP contribution in [-0.2, 0) is 17.8 Å². The summed E-state index contributed by atoms with van der Waals surface area (Å²) in [4.78, 5) is 27.3. The number of aliphatic carboxylic acids is 1. The molecule has 9 heteroatoms. The van der Waals surface area contributed by atoms with E-state index in [1.165, 1.54) is 0 Å². The molecule has 5 rings (SSSR count). The van der Waals surface area contributed by atoms with Gasteiger partial charge in [-0.05, 0) is 71.5 Å². The van der Waals surface area contributed by atoms with E-state index < -0.39 is 5.97 Å². The molecule has 0 saturated heterocycles. The van der Waals surface area contributed by atoms with E-state index in [0.29, 0.717) is 34.5 Å². The van der Waals surface area contributed by atoms with Crippen molar-refractivity contribution in [3.8, 4) is 5.75 Å². The Morgan fingerprint density at radius 2 is 1.50 bits per heavy atom. The Bertz CT molecular complexity index is 1650. The summed E-state index contributed by atoms with van der Waals surface area (Å²) >= 11 is 2.61. The molecule has 0 unspecified atom stereocenters. The molecule has 0 aliphatic heterocycles. The molecule has 0 saturated carbocycles. The molecule has 0 aliphatic carbocycles. The molecule has 1 heterocycles. The summed E-state index contributed by atoms with van der Waals surface area (Å²) in [5.74, 6) is -1.12. The molecule has 0 fully saturated rings. The molecule has 0 spiro atoms. The minimum absolute atomic E-state index is 0. The van der Waals surface area contributed by atoms with E-state index in [0.717, 1.165) is 27.8 Å². The van der Waals surface area contributed by atoms with Gasteiger partial charge in [0, 0.05) is 28.0 Å². The summed E-state index contributed by atoms with van der Waals surface area (Å²) < 4.78 is 14.3. The van der Waals surface area contributed by atoms with E-state index in [1.54, 1.807) is 42.1 Å². The van der Waals surface area contributed by atoms with E-state index in [4.69, 9.17) is 4.74 Å². The summed E-state index contributed by atoms with van der Waals surface area (Å²) in [7, 11) is 0. The van der Waals surface area contributed by atoms with Crippen LogP contribution in [0.5, 0.6) is 5.75 Å². The first-order valence-corrected chi connectivity index (χ1v) is 14.1. The second-order valence-corrected chi connectivity index (χ2v) is 10.2. The fourth-order valence-electron chi connectivity index (χ4n) is 4.20. The zero-order chi connectivity index (χ0) is 27.2. The average Bonchev–Trinajstić information content (AvgIpc) is 3.45. The molecule has 0 atom stereocenters. The van der Waals surface area contributed by atoms with Crippen molar-refractivity contribution in [1.82, 2.24) is 8.75 Å². The number of carboxylic acids is 1. The Hall–Kier alpha value is -3.27. The fraction of sp³-hybridized carbons (Fsp3) is 0.0968. The Kier molecular flexibility index (Phi) is 10.3. The molecule has 4 aromatic carbocycles. The van der Waals surface area contributed by atoms with E-state index in [9.17, 15) is 14.7 Å². The van der Waals surface area contributed by atoms with Gasteiger partial charge >= 0.3 is 29.6 Å². The van der Waals surface area contributed by atoms with Crippen LogP contribution >= 0.6 is 23.5 Å². The van der Waals surface area contributed by atoms with E-state index in [-0.39, 0.29) is 52.9 Å². The van der Waals surface area contributed by atoms with Crippen molar-refractivity contribution in [2.24, 2.45) is 0 Å². The third kappa shape index (κ3) is 7.08. The van der Waals surface area contributed by atoms with Crippen molar-refractivity contribution in [3.05, 3.63) is 125 Å². The van der Waals surface area contributed by atoms with Crippen molar-refractivity contribution in [2.75, 3.05) is 6.26 Å². The minimum atomic E-state index is -1.43. The zero-order valence-corrected chi connectivity index (χ0v) is 25.6. The maximum atomic E-state index is 13.8. The Balaban J connectivity index is 0.00000370. The monoisotopic (exact) mass is 574 g/mol. The van der Waals surface area contributed by atoms with Crippen molar-refractivity contribution in [3.63, 3.8) is 0 Å². The number of ketones is 1. The maximum Gasteiger partial charge on any atom is 1.00 e. The van der Waals surface area contributed by atoms with Crippen LogP contribution < -0.4 is 39.4 Å². The van der Waals surface area contributed by atoms with Gasteiger partial charge in [0.2, 0.25) is 0 Å². The first-order valence-electron chi connectivity index (χ1n) is 12.1. The summed E-state index contributed by atoms with van der Waals surface area (Å²) in [6.45, 7) is 0.429. The van der Waals surface area contributed by atoms with Gasteiger partial charge in [0.05, 0.1) is 17.7 Å². The van der Waals surface area contributed by atoms with Crippen molar-refractivity contribution >= 4 is 51.8 Å². The molecule has 194 valence electrons. The molecular formula is C31H23N2NaO4S2. The molecule has 40 heavy (non-hydrogen) atoms. The number of ether oxygens (including phenoxy) is 1. The summed E-state index contributed by atoms with van der Waals surface area (Å²) in [6, 6.07) is 29.3. The van der Waals surface area contributed by atoms with Gasteiger partial charge in [0.25, 0.3) is 0 Å². The normalized spacial score (nSPS) is 11.4. The van der Waals surface area contributed by atoms with E-state index in [1.807, 2.05) is 73.0 Å². The second-order valence-electron chi connectivity index (χ2n) is 8.76. The van der Waals surface area contributed by atoms with Gasteiger partial charge in [-0.15, -0.1) is 11.8 Å². The van der Waals surface area contributed by atoms with Crippen LogP contribution in [0.4, 0.5) is 0 Å². The number of carboxylic acid groups (broad SMARTS) is 1. The van der Waals surface area contributed by atoms with Crippen molar-refractivity contribution in [2.45, 2.75) is 17.9 Å². The van der Waals surface area contributed by atoms with Gasteiger partial charge in [0.15, 0.2) is 5.78 Å². The molecule has 0 aliphatic rings. The summed E-state index contributed by atoms with van der Waals surface area (Å²) in [6.07, 6.45) is 2.05. The number of carbonyl (C=O) groups excluding carboxylic acids is 2. The number of benzene rings is 4. The minimum Gasteiger partial charge on any atom is -0.545 e. The fourth-order valence-corrected chi connectivity index (χ4v) is 5.13. The van der Waals surface area contributed by atoms with Crippen LogP contribution in [-0.4, -0.2) is 26.8 Å². The van der Waals surface area contributed by atoms with Crippen LogP contribution in [0.15, 0.2) is 108 Å². The van der Waals surface area contributed by atoms with Crippen LogP contribution in [0, 0.1) is 0 Å². The first-order chi connectivity index (χ1) is 19.0. The van der Waals surface area contributed by atoms with Gasteiger partial charge in [-0.3, -0.25) is 4.79 Å². The van der Waals surface area contributed by atoms with Gasteiger partial charge in [-0.25, -0.2) is 0 Å². The number of aromatic nitrogens is 2. The molecule has 0 amide bonds. The topological polar surface area (TPSA) is 92.2 Å². The molecule has 0 radical (unpaired) electrons. The summed E-state index contributed by atoms with van der Waals surface area (Å²) in [5.41, 5.74) is 3.76. The maximum absolute atomic E-state index is 13.8. The smallest absolute Gasteiger partial charge is 0.545 e. The van der Waals surface area contributed by atoms with Crippen LogP contribution in [0.2, 0.25) is 0 Å². The molecule has 6 nitrogen and oxygen atoms in total. The number of fused-ring (bicyclic) bond motifs is 1. The standard InChI is InChI=1S/C31H24N2O4S2.Na/c1-38-25-14-9-22(10-15-25)30(34)26(29(31(35)36)23-11-16-27-28(18-23)33-39-32-27)17-20-7-12-24(13-8-20)37-19-21-5-3-2-4-6-21;/h2-16,18H,17,19H2,1H3,(H,35,36);/q;+1/p-1. The van der Waals surface area contributed by atoms with E-state index in [2.05, 4.69) is 8.75 Å². The molecule has 1 aromatic heterocycles. The van der Waals surface area contributed by atoms with Gasteiger partial charge in [-0.1, -0.05) is 48.5 Å². The zero-order valence-electron chi connectivity index (χ0n) is 22.0. The average molecular weight is 575 g/mol. The molecule has 0 N–H and O–H groups in total. The number of rotatable bonds is 10. The van der Waals surface area contributed by atoms with Crippen LogP contribution in [0.1, 0.15) is 27.0 Å². The second kappa shape index (κ2) is 13.9. The number of hydrogen-bond acceptors (Lipinski definition) is 8. The Labute approximate surface area is 262 Å². The third-order valence-corrected chi connectivity index (χ3v) is 7.53. The largest absolute Gasteiger partial charge is 1.00 e. The Morgan fingerprint density at radius 3 is 2.17 bits per heavy atom. The number of nitrogens with zero attached hydrogens (tertiary/aromatic N) is 2. The Morgan fingerprint density at radius 1 is 0.825 bits per heavy atom. The van der Waals surface area contributed by atoms with Crippen LogP contribution in [0.3, 0.4) is 0 Å². The number of hydrogen-bond donors (Lipinski definition) is 0. The quantitative estimate of drug-likeness (QED) is 0.110. The van der Waals surface area contributed by atoms with Gasteiger partial charge in [-0.2, -0.15) is 8.75 Å². The van der Waals surface area contributed by atoms with Crippen molar-refractivity contribution < 1.29 is 49.0 Å². The third-order valence-electron chi connectivity index (χ3n) is 6.23. The summed E-state index contributed by atoms with van der Waals surface area (Å²) in [5, 5.41) is 12.5. The molecular weight excluding hydrogens is 551 g/mol. The number of carbonyl (C=O) groups is 2. The molecule has 0 bridgehead atoms. The van der Waals surface area contributed by atoms with Gasteiger partial charge < -0.3 is 14.6 Å². The molecule has 5 aromatic rings. The number of allylic oxidation sites excluding steroid dienone is 1. The predicted octanol–water partition coefficient (Wildman–Crippen LogP) is 2.63. The predicted molar refractivity (Wildman–Crippen MR) is 153 cm³/mol. The van der Waals surface area contributed by atoms with Crippen molar-refractivity contribution in [1.29, 1.82) is 0 Å². The van der Waals surface area contributed by atoms with Crippen LogP contribution in [0.25, 0.3) is 16.6 Å². The SMILES string of the molecule is CSc1ccc(C(=O)C(Cc2ccc(OCc3ccccc3)cc2)=C(C(=O)[O-])c2ccc3nsnc3c2)cc1.[Na+].